The third kappa shape index (κ3) is 3.66. The number of halogens is 3. The lowest BCUT2D eigenvalue weighted by Crippen LogP contribution is -2.17. The van der Waals surface area contributed by atoms with Gasteiger partial charge in [0, 0.05) is 25.2 Å². The predicted octanol–water partition coefficient (Wildman–Crippen LogP) is 3.32. The lowest BCUT2D eigenvalue weighted by atomic mass is 10.1. The van der Waals surface area contributed by atoms with Gasteiger partial charge in [-0.25, -0.2) is 9.50 Å². The highest BCUT2D eigenvalue weighted by Gasteiger charge is 2.31. The van der Waals surface area contributed by atoms with Crippen molar-refractivity contribution < 1.29 is 17.9 Å². The highest BCUT2D eigenvalue weighted by atomic mass is 19.4. The summed E-state index contributed by atoms with van der Waals surface area (Å²) in [5.74, 6) is 0.310. The van der Waals surface area contributed by atoms with Crippen molar-refractivity contribution in [2.45, 2.75) is 19.7 Å². The van der Waals surface area contributed by atoms with E-state index < -0.39 is 6.36 Å². The monoisotopic (exact) mass is 388 g/mol. The molecule has 0 saturated carbocycles. The zero-order valence-corrected chi connectivity index (χ0v) is 15.0. The van der Waals surface area contributed by atoms with E-state index in [1.54, 1.807) is 46.8 Å². The van der Waals surface area contributed by atoms with Gasteiger partial charge in [0.25, 0.3) is 0 Å². The molecule has 0 bridgehead atoms. The van der Waals surface area contributed by atoms with Crippen LogP contribution in [0.5, 0.6) is 5.75 Å². The molecule has 0 amide bonds. The zero-order chi connectivity index (χ0) is 19.9. The largest absolute Gasteiger partial charge is 0.573 e. The lowest BCUT2D eigenvalue weighted by molar-refractivity contribution is -0.274. The average molecular weight is 388 g/mol. The zero-order valence-electron chi connectivity index (χ0n) is 15.0. The third-order valence-electron chi connectivity index (χ3n) is 4.12. The van der Waals surface area contributed by atoms with E-state index in [1.807, 2.05) is 13.2 Å². The first kappa shape index (κ1) is 18.0. The maximum absolute atomic E-state index is 12.4. The Kier molecular flexibility index (Phi) is 4.25. The van der Waals surface area contributed by atoms with Gasteiger partial charge in [-0.2, -0.15) is 10.2 Å². The SMILES string of the molecule is Cc1cc(Cc2nc3cncc(-c4cnn(C)c4)n3n2)ccc1OC(F)(F)F. The molecule has 0 aliphatic heterocycles. The highest BCUT2D eigenvalue weighted by Crippen LogP contribution is 2.27. The van der Waals surface area contributed by atoms with Crippen LogP contribution in [0.3, 0.4) is 0 Å². The first-order valence-corrected chi connectivity index (χ1v) is 8.32. The van der Waals surface area contributed by atoms with E-state index >= 15 is 0 Å². The summed E-state index contributed by atoms with van der Waals surface area (Å²) in [7, 11) is 1.82. The smallest absolute Gasteiger partial charge is 0.406 e. The molecule has 7 nitrogen and oxygen atoms in total. The highest BCUT2D eigenvalue weighted by molar-refractivity contribution is 5.59. The quantitative estimate of drug-likeness (QED) is 0.536. The van der Waals surface area contributed by atoms with Crippen LogP contribution in [0.1, 0.15) is 17.0 Å². The van der Waals surface area contributed by atoms with Crippen LogP contribution >= 0.6 is 0 Å². The number of aromatic nitrogens is 6. The first-order valence-electron chi connectivity index (χ1n) is 8.32. The fraction of sp³-hybridized carbons (Fsp3) is 0.222. The number of aryl methyl sites for hydroxylation is 2. The maximum Gasteiger partial charge on any atom is 0.573 e. The molecule has 3 aromatic heterocycles. The molecule has 28 heavy (non-hydrogen) atoms. The van der Waals surface area contributed by atoms with Crippen molar-refractivity contribution in [1.29, 1.82) is 0 Å². The lowest BCUT2D eigenvalue weighted by Gasteiger charge is -2.12. The van der Waals surface area contributed by atoms with Crippen molar-refractivity contribution in [2.24, 2.45) is 7.05 Å². The normalized spacial score (nSPS) is 11.9. The van der Waals surface area contributed by atoms with Crippen LogP contribution in [0.2, 0.25) is 0 Å². The van der Waals surface area contributed by atoms with Crippen LogP contribution in [0, 0.1) is 6.92 Å². The number of fused-ring (bicyclic) bond motifs is 1. The summed E-state index contributed by atoms with van der Waals surface area (Å²) in [6.45, 7) is 1.56. The van der Waals surface area contributed by atoms with Crippen LogP contribution < -0.4 is 4.74 Å². The molecule has 0 radical (unpaired) electrons. The van der Waals surface area contributed by atoms with Crippen LogP contribution in [0.25, 0.3) is 16.9 Å². The van der Waals surface area contributed by atoms with Crippen LogP contribution in [-0.2, 0) is 13.5 Å². The van der Waals surface area contributed by atoms with Crippen LogP contribution in [0.4, 0.5) is 13.2 Å². The van der Waals surface area contributed by atoms with E-state index in [0.717, 1.165) is 16.8 Å². The second-order valence-corrected chi connectivity index (χ2v) is 6.32. The standard InChI is InChI=1S/C18H15F3N6O/c1-11-5-12(3-4-15(11)28-18(19,20)21)6-16-24-17-9-22-8-14(27(17)25-16)13-7-23-26(2)10-13/h3-5,7-10H,6H2,1-2H3. The molecule has 144 valence electrons. The molecule has 3 heterocycles. The van der Waals surface area contributed by atoms with Gasteiger partial charge in [-0.1, -0.05) is 12.1 Å². The van der Waals surface area contributed by atoms with E-state index in [2.05, 4.69) is 24.9 Å². The Morgan fingerprint density at radius 3 is 2.64 bits per heavy atom. The van der Waals surface area contributed by atoms with Crippen molar-refractivity contribution in [1.82, 2.24) is 29.4 Å². The molecule has 0 atom stereocenters. The number of nitrogens with zero attached hydrogens (tertiary/aromatic N) is 6. The van der Waals surface area contributed by atoms with Gasteiger partial charge in [-0.15, -0.1) is 13.2 Å². The molecule has 0 fully saturated rings. The summed E-state index contributed by atoms with van der Waals surface area (Å²) in [5, 5.41) is 8.68. The van der Waals surface area contributed by atoms with Gasteiger partial charge in [-0.3, -0.25) is 9.67 Å². The Balaban J connectivity index is 1.63. The second kappa shape index (κ2) is 6.63. The molecular weight excluding hydrogens is 373 g/mol. The average Bonchev–Trinajstić information content (AvgIpc) is 3.21. The van der Waals surface area contributed by atoms with Crippen molar-refractivity contribution in [2.75, 3.05) is 0 Å². The van der Waals surface area contributed by atoms with Gasteiger partial charge in [0.05, 0.1) is 24.3 Å². The van der Waals surface area contributed by atoms with Gasteiger partial charge in [0.1, 0.15) is 5.75 Å². The van der Waals surface area contributed by atoms with E-state index in [1.165, 1.54) is 6.07 Å². The van der Waals surface area contributed by atoms with Crippen molar-refractivity contribution >= 4 is 5.65 Å². The van der Waals surface area contributed by atoms with Crippen LogP contribution in [0.15, 0.2) is 43.0 Å². The van der Waals surface area contributed by atoms with E-state index in [4.69, 9.17) is 0 Å². The number of benzene rings is 1. The van der Waals surface area contributed by atoms with Gasteiger partial charge in [0.15, 0.2) is 11.5 Å². The van der Waals surface area contributed by atoms with Crippen molar-refractivity contribution in [3.05, 3.63) is 59.9 Å². The minimum Gasteiger partial charge on any atom is -0.406 e. The number of ether oxygens (including phenoxy) is 1. The number of alkyl halides is 3. The number of hydrogen-bond donors (Lipinski definition) is 0. The van der Waals surface area contributed by atoms with E-state index in [9.17, 15) is 13.2 Å². The topological polar surface area (TPSA) is 70.1 Å². The molecule has 4 aromatic rings. The molecule has 10 heteroatoms. The predicted molar refractivity (Wildman–Crippen MR) is 93.7 cm³/mol. The summed E-state index contributed by atoms with van der Waals surface area (Å²) in [6.07, 6.45) is 2.48. The Hall–Kier alpha value is -3.43. The first-order chi connectivity index (χ1) is 13.3. The molecule has 0 aliphatic rings. The van der Waals surface area contributed by atoms with Gasteiger partial charge >= 0.3 is 6.36 Å². The summed E-state index contributed by atoms with van der Waals surface area (Å²) < 4.78 is 44.6. The minimum atomic E-state index is -4.72. The molecule has 0 N–H and O–H groups in total. The Labute approximate surface area is 157 Å². The van der Waals surface area contributed by atoms with Crippen molar-refractivity contribution in [3.63, 3.8) is 0 Å². The van der Waals surface area contributed by atoms with E-state index in [-0.39, 0.29) is 5.75 Å². The van der Waals surface area contributed by atoms with Crippen LogP contribution in [-0.4, -0.2) is 35.7 Å². The fourth-order valence-corrected chi connectivity index (χ4v) is 2.93. The van der Waals surface area contributed by atoms with Gasteiger partial charge in [-0.05, 0) is 24.1 Å². The second-order valence-electron chi connectivity index (χ2n) is 6.32. The maximum atomic E-state index is 12.4. The molecule has 0 unspecified atom stereocenters. The summed E-state index contributed by atoms with van der Waals surface area (Å²) in [6, 6.07) is 4.50. The Morgan fingerprint density at radius 1 is 1.14 bits per heavy atom. The Bertz CT molecular complexity index is 1150. The molecule has 0 aliphatic carbocycles. The van der Waals surface area contributed by atoms with Gasteiger partial charge in [0.2, 0.25) is 0 Å². The summed E-state index contributed by atoms with van der Waals surface area (Å²) in [4.78, 5) is 8.66. The molecule has 0 spiro atoms. The summed E-state index contributed by atoms with van der Waals surface area (Å²) >= 11 is 0. The molecule has 0 saturated heterocycles. The Morgan fingerprint density at radius 2 is 1.96 bits per heavy atom. The fourth-order valence-electron chi connectivity index (χ4n) is 2.93. The third-order valence-corrected chi connectivity index (χ3v) is 4.12. The number of rotatable bonds is 4. The number of hydrogen-bond acceptors (Lipinski definition) is 5. The van der Waals surface area contributed by atoms with E-state index in [0.29, 0.717) is 23.5 Å². The minimum absolute atomic E-state index is 0.220. The molecular formula is C18H15F3N6O. The molecule has 1 aromatic carbocycles. The van der Waals surface area contributed by atoms with Crippen molar-refractivity contribution in [3.8, 4) is 17.0 Å². The van der Waals surface area contributed by atoms with Gasteiger partial charge < -0.3 is 4.74 Å². The summed E-state index contributed by atoms with van der Waals surface area (Å²) in [5.41, 5.74) is 3.33. The molecule has 4 rings (SSSR count).